The van der Waals surface area contributed by atoms with E-state index in [1.165, 1.54) is 4.90 Å². The molecule has 0 radical (unpaired) electrons. The zero-order chi connectivity index (χ0) is 33.7. The lowest BCUT2D eigenvalue weighted by Crippen LogP contribution is -2.65. The van der Waals surface area contributed by atoms with E-state index in [2.05, 4.69) is 5.32 Å². The Morgan fingerprint density at radius 1 is 1.09 bits per heavy atom. The number of ether oxygens (including phenoxy) is 3. The van der Waals surface area contributed by atoms with E-state index in [9.17, 15) is 32.3 Å². The number of halogens is 3. The molecule has 2 aliphatic heterocycles. The fraction of sp³-hybridized carbons (Fsp3) is 0.500. The second-order valence-electron chi connectivity index (χ2n) is 11.9. The zero-order valence-electron chi connectivity index (χ0n) is 25.6. The van der Waals surface area contributed by atoms with E-state index in [1.54, 1.807) is 50.2 Å². The van der Waals surface area contributed by atoms with Crippen LogP contribution in [0.2, 0.25) is 0 Å². The minimum Gasteiger partial charge on any atom is -0.481 e. The second-order valence-corrected chi connectivity index (χ2v) is 11.9. The molecule has 2 heterocycles. The highest BCUT2D eigenvalue weighted by atomic mass is 19.4. The quantitative estimate of drug-likeness (QED) is 0.235. The Morgan fingerprint density at radius 3 is 2.43 bits per heavy atom. The summed E-state index contributed by atoms with van der Waals surface area (Å²) in [5.74, 6) is -2.24. The highest BCUT2D eigenvalue weighted by Gasteiger charge is 2.54. The third-order valence-corrected chi connectivity index (χ3v) is 8.59. The fourth-order valence-corrected chi connectivity index (χ4v) is 6.00. The van der Waals surface area contributed by atoms with Crippen molar-refractivity contribution in [2.24, 2.45) is 5.73 Å². The van der Waals surface area contributed by atoms with Crippen LogP contribution in [0.15, 0.2) is 48.5 Å². The average molecular weight is 650 g/mol. The van der Waals surface area contributed by atoms with Gasteiger partial charge in [-0.05, 0) is 62.8 Å². The van der Waals surface area contributed by atoms with Gasteiger partial charge in [0, 0.05) is 19.4 Å². The number of hydrogen-bond donors (Lipinski definition) is 3. The van der Waals surface area contributed by atoms with Crippen molar-refractivity contribution in [1.82, 2.24) is 10.2 Å². The number of nitrogens with zero attached hydrogens (tertiary/aromatic N) is 1. The summed E-state index contributed by atoms with van der Waals surface area (Å²) in [6, 6.07) is 11.4. The molecule has 2 amide bonds. The standard InChI is InChI=1S/C32H38F3N3O8/c1-20-14-22(16-24(15-20)32(33,34)35)21(2)44-18-31(23-6-4-3-5-7-23)13-12-30(11-10-26(39)37-30)17-38(31)29(43)46-19-45-28(42)25(36)8-9-27(40)41/h3-7,14-16,21,25H,8-13,17-19,36H2,1-2H3,(H,37,39)(H,40,41)/t21-,25?,30-,31-/m1/s1. The van der Waals surface area contributed by atoms with Crippen LogP contribution in [0.4, 0.5) is 18.0 Å². The summed E-state index contributed by atoms with van der Waals surface area (Å²) < 4.78 is 57.3. The number of carbonyl (C=O) groups is 4. The van der Waals surface area contributed by atoms with Gasteiger partial charge in [-0.3, -0.25) is 19.3 Å². The number of nitrogens with two attached hydrogens (primary N) is 1. The molecular formula is C32H38F3N3O8. The van der Waals surface area contributed by atoms with Crippen LogP contribution in [0.3, 0.4) is 0 Å². The van der Waals surface area contributed by atoms with Crippen molar-refractivity contribution in [3.63, 3.8) is 0 Å². The van der Waals surface area contributed by atoms with Crippen molar-refractivity contribution in [2.75, 3.05) is 19.9 Å². The molecule has 46 heavy (non-hydrogen) atoms. The summed E-state index contributed by atoms with van der Waals surface area (Å²) in [6.45, 7) is 2.28. The molecule has 1 spiro atoms. The van der Waals surface area contributed by atoms with Gasteiger partial charge in [-0.25, -0.2) is 4.79 Å². The average Bonchev–Trinajstić information content (AvgIpc) is 3.38. The predicted molar refractivity (Wildman–Crippen MR) is 157 cm³/mol. The van der Waals surface area contributed by atoms with Crippen LogP contribution >= 0.6 is 0 Å². The zero-order valence-corrected chi connectivity index (χ0v) is 25.6. The smallest absolute Gasteiger partial charge is 0.416 e. The molecule has 2 fully saturated rings. The number of rotatable bonds is 11. The summed E-state index contributed by atoms with van der Waals surface area (Å²) in [5, 5.41) is 11.8. The van der Waals surface area contributed by atoms with Gasteiger partial charge in [0.15, 0.2) is 0 Å². The Bertz CT molecular complexity index is 1440. The molecule has 2 aromatic rings. The third kappa shape index (κ3) is 8.15. The lowest BCUT2D eigenvalue weighted by Gasteiger charge is -2.52. The normalized spacial score (nSPS) is 22.7. The van der Waals surface area contributed by atoms with Crippen molar-refractivity contribution < 1.29 is 51.7 Å². The maximum Gasteiger partial charge on any atom is 0.416 e. The maximum atomic E-state index is 13.8. The summed E-state index contributed by atoms with van der Waals surface area (Å²) in [5.41, 5.74) is 4.37. The van der Waals surface area contributed by atoms with Gasteiger partial charge >= 0.3 is 24.2 Å². The molecular weight excluding hydrogens is 611 g/mol. The maximum absolute atomic E-state index is 13.8. The number of esters is 1. The number of likely N-dealkylation sites (tertiary alicyclic amines) is 1. The molecule has 14 heteroatoms. The van der Waals surface area contributed by atoms with E-state index >= 15 is 0 Å². The van der Waals surface area contributed by atoms with Crippen molar-refractivity contribution in [3.8, 4) is 0 Å². The first-order valence-electron chi connectivity index (χ1n) is 14.9. The van der Waals surface area contributed by atoms with Gasteiger partial charge in [0.25, 0.3) is 0 Å². The molecule has 1 unspecified atom stereocenters. The van der Waals surface area contributed by atoms with Gasteiger partial charge in [0.1, 0.15) is 6.04 Å². The third-order valence-electron chi connectivity index (χ3n) is 8.59. The molecule has 11 nitrogen and oxygen atoms in total. The Morgan fingerprint density at radius 2 is 1.80 bits per heavy atom. The SMILES string of the molecule is Cc1cc([C@@H](C)OC[C@@]2(c3ccccc3)CC[C@]3(CCC(=O)N3)CN2C(=O)OCOC(=O)C(N)CCC(=O)O)cc(C(F)(F)F)c1. The van der Waals surface area contributed by atoms with E-state index in [4.69, 9.17) is 25.1 Å². The van der Waals surface area contributed by atoms with Crippen LogP contribution in [-0.2, 0) is 40.3 Å². The lowest BCUT2D eigenvalue weighted by molar-refractivity contribution is -0.156. The molecule has 250 valence electrons. The molecule has 2 aliphatic rings. The topological polar surface area (TPSA) is 157 Å². The molecule has 2 saturated heterocycles. The number of hydrogen-bond acceptors (Lipinski definition) is 8. The second kappa shape index (κ2) is 14.1. The number of alkyl halides is 3. The van der Waals surface area contributed by atoms with Gasteiger partial charge in [-0.1, -0.05) is 42.0 Å². The Balaban J connectivity index is 1.60. The first-order valence-corrected chi connectivity index (χ1v) is 14.9. The van der Waals surface area contributed by atoms with Crippen LogP contribution in [0.25, 0.3) is 0 Å². The van der Waals surface area contributed by atoms with E-state index in [-0.39, 0.29) is 38.3 Å². The highest BCUT2D eigenvalue weighted by molar-refractivity contribution is 5.80. The van der Waals surface area contributed by atoms with Crippen molar-refractivity contribution in [1.29, 1.82) is 0 Å². The Labute approximate surface area is 264 Å². The summed E-state index contributed by atoms with van der Waals surface area (Å²) in [7, 11) is 0. The first-order chi connectivity index (χ1) is 21.6. The number of amides is 2. The number of aryl methyl sites for hydroxylation is 1. The summed E-state index contributed by atoms with van der Waals surface area (Å²) in [4.78, 5) is 50.5. The minimum absolute atomic E-state index is 0.0267. The number of benzene rings is 2. The Hall–Kier alpha value is -4.17. The molecule has 4 rings (SSSR count). The predicted octanol–water partition coefficient (Wildman–Crippen LogP) is 4.56. The van der Waals surface area contributed by atoms with E-state index in [0.29, 0.717) is 36.0 Å². The number of carboxylic acid groups (broad SMARTS) is 1. The molecule has 0 bridgehead atoms. The first kappa shape index (κ1) is 34.7. The number of carbonyl (C=O) groups excluding carboxylic acids is 3. The van der Waals surface area contributed by atoms with Gasteiger partial charge < -0.3 is 30.4 Å². The van der Waals surface area contributed by atoms with Crippen molar-refractivity contribution in [2.45, 2.75) is 81.8 Å². The van der Waals surface area contributed by atoms with Crippen molar-refractivity contribution in [3.05, 3.63) is 70.8 Å². The molecule has 0 aliphatic carbocycles. The van der Waals surface area contributed by atoms with E-state index < -0.39 is 59.8 Å². The lowest BCUT2D eigenvalue weighted by atomic mass is 9.74. The molecule has 0 saturated carbocycles. The highest BCUT2D eigenvalue weighted by Crippen LogP contribution is 2.45. The van der Waals surface area contributed by atoms with E-state index in [0.717, 1.165) is 12.1 Å². The van der Waals surface area contributed by atoms with Gasteiger partial charge in [-0.15, -0.1) is 0 Å². The molecule has 4 N–H and O–H groups in total. The fourth-order valence-electron chi connectivity index (χ4n) is 6.00. The molecule has 4 atom stereocenters. The van der Waals surface area contributed by atoms with Crippen molar-refractivity contribution >= 4 is 23.9 Å². The number of carboxylic acids is 1. The van der Waals surface area contributed by atoms with Crippen LogP contribution in [0, 0.1) is 6.92 Å². The summed E-state index contributed by atoms with van der Waals surface area (Å²) >= 11 is 0. The number of piperidine rings is 1. The molecule has 0 aromatic heterocycles. The van der Waals surface area contributed by atoms with Gasteiger partial charge in [0.05, 0.1) is 29.4 Å². The van der Waals surface area contributed by atoms with E-state index in [1.807, 2.05) is 0 Å². The largest absolute Gasteiger partial charge is 0.481 e. The Kier molecular flexibility index (Phi) is 10.6. The number of aliphatic carboxylic acids is 1. The van der Waals surface area contributed by atoms with Crippen LogP contribution in [0.5, 0.6) is 0 Å². The minimum atomic E-state index is -4.54. The molecule has 2 aromatic carbocycles. The van der Waals surface area contributed by atoms with Crippen LogP contribution in [-0.4, -0.2) is 65.5 Å². The number of nitrogens with one attached hydrogen (secondary N) is 1. The van der Waals surface area contributed by atoms with Gasteiger partial charge in [0.2, 0.25) is 12.7 Å². The summed E-state index contributed by atoms with van der Waals surface area (Å²) in [6.07, 6.45) is -5.23. The van der Waals surface area contributed by atoms with Gasteiger partial charge in [-0.2, -0.15) is 13.2 Å². The monoisotopic (exact) mass is 649 g/mol. The van der Waals surface area contributed by atoms with Crippen LogP contribution < -0.4 is 11.1 Å². The van der Waals surface area contributed by atoms with Crippen LogP contribution in [0.1, 0.15) is 73.8 Å².